The average Bonchev–Trinajstić information content (AvgIpc) is 2.70. The molecule has 0 aliphatic rings. The summed E-state index contributed by atoms with van der Waals surface area (Å²) >= 11 is 0. The highest BCUT2D eigenvalue weighted by atomic mass is 16.4. The Labute approximate surface area is 105 Å². The molecule has 0 fully saturated rings. The zero-order chi connectivity index (χ0) is 13.4. The Kier molecular flexibility index (Phi) is 2.94. The second kappa shape index (κ2) is 4.29. The largest absolute Gasteiger partial charge is 0.477 e. The van der Waals surface area contributed by atoms with E-state index in [0.717, 1.165) is 11.5 Å². The van der Waals surface area contributed by atoms with Gasteiger partial charge in [0.15, 0.2) is 5.65 Å². The van der Waals surface area contributed by atoms with Crippen molar-refractivity contribution in [2.75, 3.05) is 19.0 Å². The molecule has 0 unspecified atom stereocenters. The highest BCUT2D eigenvalue weighted by molar-refractivity contribution is 5.94. The van der Waals surface area contributed by atoms with Crippen LogP contribution in [0.15, 0.2) is 12.3 Å². The van der Waals surface area contributed by atoms with Crippen LogP contribution < -0.4 is 4.90 Å². The van der Waals surface area contributed by atoms with Gasteiger partial charge in [-0.25, -0.2) is 9.78 Å². The van der Waals surface area contributed by atoms with Crippen LogP contribution in [0.1, 0.15) is 35.8 Å². The molecule has 6 nitrogen and oxygen atoms in total. The maximum atomic E-state index is 11.1. The lowest BCUT2D eigenvalue weighted by Gasteiger charge is -2.16. The third kappa shape index (κ3) is 1.90. The van der Waals surface area contributed by atoms with Gasteiger partial charge in [0.1, 0.15) is 11.4 Å². The minimum absolute atomic E-state index is 0.126. The summed E-state index contributed by atoms with van der Waals surface area (Å²) in [7, 11) is 3.78. The number of rotatable bonds is 3. The van der Waals surface area contributed by atoms with Crippen LogP contribution in [-0.4, -0.2) is 39.8 Å². The molecule has 1 N–H and O–H groups in total. The number of hydrogen-bond acceptors (Lipinski definition) is 4. The smallest absolute Gasteiger partial charge is 0.341 e. The fraction of sp³-hybridized carbons (Fsp3) is 0.417. The lowest BCUT2D eigenvalue weighted by atomic mass is 10.1. The molecule has 0 spiro atoms. The summed E-state index contributed by atoms with van der Waals surface area (Å²) in [5.74, 6) is 0.0320. The SMILES string of the molecule is CC(C)c1cc(N(C)C)n2ncc(C(=O)O)c2n1. The van der Waals surface area contributed by atoms with Gasteiger partial charge in [-0.15, -0.1) is 0 Å². The molecule has 0 atom stereocenters. The summed E-state index contributed by atoms with van der Waals surface area (Å²) in [4.78, 5) is 17.4. The lowest BCUT2D eigenvalue weighted by Crippen LogP contribution is -2.15. The first-order chi connectivity index (χ1) is 8.41. The Balaban J connectivity index is 2.79. The first-order valence-corrected chi connectivity index (χ1v) is 5.71. The molecule has 0 radical (unpaired) electrons. The summed E-state index contributed by atoms with van der Waals surface area (Å²) in [5.41, 5.74) is 1.37. The van der Waals surface area contributed by atoms with E-state index < -0.39 is 5.97 Å². The van der Waals surface area contributed by atoms with Gasteiger partial charge in [0.25, 0.3) is 0 Å². The molecule has 6 heteroatoms. The molecular weight excluding hydrogens is 232 g/mol. The number of hydrogen-bond donors (Lipinski definition) is 1. The van der Waals surface area contributed by atoms with Gasteiger partial charge in [0.05, 0.1) is 6.20 Å². The van der Waals surface area contributed by atoms with Gasteiger partial charge in [-0.2, -0.15) is 9.61 Å². The zero-order valence-electron chi connectivity index (χ0n) is 10.9. The molecule has 0 saturated heterocycles. The highest BCUT2D eigenvalue weighted by Crippen LogP contribution is 2.22. The third-order valence-electron chi connectivity index (χ3n) is 2.75. The second-order valence-electron chi connectivity index (χ2n) is 4.69. The number of carboxylic acid groups (broad SMARTS) is 1. The van der Waals surface area contributed by atoms with Crippen molar-refractivity contribution in [2.45, 2.75) is 19.8 Å². The van der Waals surface area contributed by atoms with Crippen LogP contribution in [0.25, 0.3) is 5.65 Å². The first kappa shape index (κ1) is 12.3. The third-order valence-corrected chi connectivity index (χ3v) is 2.75. The van der Waals surface area contributed by atoms with E-state index >= 15 is 0 Å². The van der Waals surface area contributed by atoms with E-state index in [2.05, 4.69) is 10.1 Å². The maximum Gasteiger partial charge on any atom is 0.341 e. The number of carboxylic acids is 1. The highest BCUT2D eigenvalue weighted by Gasteiger charge is 2.17. The van der Waals surface area contributed by atoms with E-state index in [1.807, 2.05) is 38.9 Å². The Morgan fingerprint density at radius 1 is 1.44 bits per heavy atom. The predicted octanol–water partition coefficient (Wildman–Crippen LogP) is 1.62. The Morgan fingerprint density at radius 2 is 2.11 bits per heavy atom. The second-order valence-corrected chi connectivity index (χ2v) is 4.69. The van der Waals surface area contributed by atoms with E-state index in [1.54, 1.807) is 4.52 Å². The zero-order valence-corrected chi connectivity index (χ0v) is 10.9. The van der Waals surface area contributed by atoms with Gasteiger partial charge in [-0.1, -0.05) is 13.8 Å². The van der Waals surface area contributed by atoms with E-state index in [0.29, 0.717) is 5.65 Å². The van der Waals surface area contributed by atoms with Crippen molar-refractivity contribution in [3.8, 4) is 0 Å². The molecule has 0 amide bonds. The Hall–Kier alpha value is -2.11. The fourth-order valence-corrected chi connectivity index (χ4v) is 1.73. The first-order valence-electron chi connectivity index (χ1n) is 5.71. The van der Waals surface area contributed by atoms with Crippen LogP contribution in [0.3, 0.4) is 0 Å². The topological polar surface area (TPSA) is 70.7 Å². The summed E-state index contributed by atoms with van der Waals surface area (Å²) in [6.45, 7) is 4.05. The number of fused-ring (bicyclic) bond motifs is 1. The van der Waals surface area contributed by atoms with Crippen LogP contribution in [-0.2, 0) is 0 Å². The summed E-state index contributed by atoms with van der Waals surface area (Å²) in [5, 5.41) is 13.2. The maximum absolute atomic E-state index is 11.1. The normalized spacial score (nSPS) is 11.2. The minimum Gasteiger partial charge on any atom is -0.477 e. The lowest BCUT2D eigenvalue weighted by molar-refractivity contribution is 0.0698. The predicted molar refractivity (Wildman–Crippen MR) is 68.4 cm³/mol. The molecule has 0 aromatic carbocycles. The monoisotopic (exact) mass is 248 g/mol. The number of anilines is 1. The number of aromatic nitrogens is 3. The van der Waals surface area contributed by atoms with Crippen molar-refractivity contribution >= 4 is 17.4 Å². The van der Waals surface area contributed by atoms with Crippen LogP contribution in [0.2, 0.25) is 0 Å². The summed E-state index contributed by atoms with van der Waals surface area (Å²) in [6.07, 6.45) is 1.34. The summed E-state index contributed by atoms with van der Waals surface area (Å²) < 4.78 is 1.55. The van der Waals surface area contributed by atoms with Gasteiger partial charge in [0, 0.05) is 25.9 Å². The Morgan fingerprint density at radius 3 is 2.61 bits per heavy atom. The molecule has 2 aromatic heterocycles. The number of nitrogens with zero attached hydrogens (tertiary/aromatic N) is 4. The van der Waals surface area contributed by atoms with Crippen molar-refractivity contribution in [3.05, 3.63) is 23.5 Å². The molecule has 18 heavy (non-hydrogen) atoms. The Bertz CT molecular complexity index is 601. The molecule has 0 aliphatic carbocycles. The van der Waals surface area contributed by atoms with Gasteiger partial charge in [-0.3, -0.25) is 0 Å². The molecule has 0 bridgehead atoms. The number of carbonyl (C=O) groups is 1. The molecule has 0 saturated carbocycles. The van der Waals surface area contributed by atoms with Crippen molar-refractivity contribution < 1.29 is 9.90 Å². The molecule has 96 valence electrons. The van der Waals surface area contributed by atoms with E-state index in [1.165, 1.54) is 6.20 Å². The van der Waals surface area contributed by atoms with Gasteiger partial charge < -0.3 is 10.0 Å². The van der Waals surface area contributed by atoms with Gasteiger partial charge in [-0.05, 0) is 5.92 Å². The molecule has 0 aliphatic heterocycles. The quantitative estimate of drug-likeness (QED) is 0.893. The van der Waals surface area contributed by atoms with Crippen molar-refractivity contribution in [2.24, 2.45) is 0 Å². The van der Waals surface area contributed by atoms with E-state index in [-0.39, 0.29) is 11.5 Å². The molecule has 2 heterocycles. The molecule has 2 rings (SSSR count). The fourth-order valence-electron chi connectivity index (χ4n) is 1.73. The molecular formula is C12H16N4O2. The van der Waals surface area contributed by atoms with Crippen molar-refractivity contribution in [1.29, 1.82) is 0 Å². The molecule has 2 aromatic rings. The number of aromatic carboxylic acids is 1. The summed E-state index contributed by atoms with van der Waals surface area (Å²) in [6, 6.07) is 1.93. The van der Waals surface area contributed by atoms with Crippen LogP contribution in [0, 0.1) is 0 Å². The standard InChI is InChI=1S/C12H16N4O2/c1-7(2)9-5-10(15(3)4)16-11(14-9)8(6-13-16)12(17)18/h5-7H,1-4H3,(H,17,18). The average molecular weight is 248 g/mol. The minimum atomic E-state index is -1.01. The van der Waals surface area contributed by atoms with Crippen LogP contribution >= 0.6 is 0 Å². The van der Waals surface area contributed by atoms with Crippen molar-refractivity contribution in [3.63, 3.8) is 0 Å². The van der Waals surface area contributed by atoms with E-state index in [9.17, 15) is 4.79 Å². The van der Waals surface area contributed by atoms with Gasteiger partial charge in [0.2, 0.25) is 0 Å². The van der Waals surface area contributed by atoms with E-state index in [4.69, 9.17) is 5.11 Å². The van der Waals surface area contributed by atoms with Crippen LogP contribution in [0.4, 0.5) is 5.82 Å². The van der Waals surface area contributed by atoms with Crippen LogP contribution in [0.5, 0.6) is 0 Å². The van der Waals surface area contributed by atoms with Crippen molar-refractivity contribution in [1.82, 2.24) is 14.6 Å². The van der Waals surface area contributed by atoms with Gasteiger partial charge >= 0.3 is 5.97 Å².